The maximum Gasteiger partial charge on any atom is 0.214 e. The number of rotatable bonds is 8. The zero-order chi connectivity index (χ0) is 25.9. The molecular formula is C27H21NO7S. The van der Waals surface area contributed by atoms with Gasteiger partial charge in [-0.05, 0) is 17.8 Å². The maximum atomic E-state index is 13.8. The zero-order valence-electron chi connectivity index (χ0n) is 18.7. The van der Waals surface area contributed by atoms with Crippen LogP contribution < -0.4 is 0 Å². The minimum Gasteiger partial charge on any atom is -0.380 e. The Hall–Kier alpha value is -3.69. The molecule has 0 radical (unpaired) electrons. The summed E-state index contributed by atoms with van der Waals surface area (Å²) in [5.41, 5.74) is -6.32. The molecule has 8 nitrogen and oxygen atoms in total. The lowest BCUT2D eigenvalue weighted by Gasteiger charge is -2.37. The second kappa shape index (κ2) is 10.1. The first-order valence-electron chi connectivity index (χ1n) is 10.9. The molecule has 182 valence electrons. The van der Waals surface area contributed by atoms with E-state index in [0.29, 0.717) is 0 Å². The second-order valence-corrected chi connectivity index (χ2v) is 8.41. The van der Waals surface area contributed by atoms with Gasteiger partial charge in [0.25, 0.3) is 0 Å². The molecule has 3 aromatic carbocycles. The van der Waals surface area contributed by atoms with Crippen LogP contribution in [0.2, 0.25) is 0 Å². The number of hydrogen-bond donors (Lipinski definition) is 3. The van der Waals surface area contributed by atoms with Crippen LogP contribution >= 0.6 is 12.2 Å². The predicted octanol–water partition coefficient (Wildman–Crippen LogP) is 2.34. The molecule has 1 aliphatic heterocycles. The molecule has 1 aliphatic rings. The number of hydrogen-bond acceptors (Lipinski definition) is 9. The van der Waals surface area contributed by atoms with Crippen molar-refractivity contribution in [1.82, 2.24) is 0 Å². The summed E-state index contributed by atoms with van der Waals surface area (Å²) in [5, 5.41) is 36.6. The highest BCUT2D eigenvalue weighted by atomic mass is 32.1. The van der Waals surface area contributed by atoms with Crippen molar-refractivity contribution >= 4 is 34.7 Å². The minimum absolute atomic E-state index is 0.0795. The highest BCUT2D eigenvalue weighted by Crippen LogP contribution is 2.46. The number of aliphatic hydroxyl groups is 3. The van der Waals surface area contributed by atoms with E-state index >= 15 is 0 Å². The smallest absolute Gasteiger partial charge is 0.214 e. The van der Waals surface area contributed by atoms with Crippen molar-refractivity contribution in [2.75, 3.05) is 0 Å². The maximum absolute atomic E-state index is 13.8. The van der Waals surface area contributed by atoms with E-state index in [1.807, 2.05) is 5.16 Å². The zero-order valence-corrected chi connectivity index (χ0v) is 19.5. The van der Waals surface area contributed by atoms with Gasteiger partial charge in [0, 0.05) is 11.1 Å². The molecule has 0 spiro atoms. The summed E-state index contributed by atoms with van der Waals surface area (Å²) in [5.74, 6) is -3.46. The fourth-order valence-corrected chi connectivity index (χ4v) is 4.39. The summed E-state index contributed by atoms with van der Waals surface area (Å²) < 4.78 is 5.58. The van der Waals surface area contributed by atoms with Gasteiger partial charge in [0.15, 0.2) is 18.1 Å². The van der Waals surface area contributed by atoms with Crippen molar-refractivity contribution in [1.29, 1.82) is 0 Å². The molecule has 9 heteroatoms. The number of carbonyl (C=O) groups excluding carboxylic acids is 3. The van der Waals surface area contributed by atoms with Crippen molar-refractivity contribution in [3.05, 3.63) is 108 Å². The third-order valence-electron chi connectivity index (χ3n) is 6.16. The minimum atomic E-state index is -3.19. The van der Waals surface area contributed by atoms with Crippen LogP contribution in [0.1, 0.15) is 32.4 Å². The van der Waals surface area contributed by atoms with Crippen molar-refractivity contribution in [3.63, 3.8) is 0 Å². The fourth-order valence-electron chi connectivity index (χ4n) is 4.30. The third-order valence-corrected chi connectivity index (χ3v) is 6.27. The Kier molecular flexibility index (Phi) is 7.14. The van der Waals surface area contributed by atoms with Gasteiger partial charge in [-0.3, -0.25) is 14.4 Å². The molecule has 1 saturated heterocycles. The SMILES string of the molecule is O=C(C(O)c1ccccc1)[C@H]1O[C@@H](N=C=S)[C@@](O)(C(=O)c2ccccc2)[C@@]1(O)C(=O)c1ccccc1. The molecular weight excluding hydrogens is 482 g/mol. The highest BCUT2D eigenvalue weighted by Gasteiger charge is 2.75. The van der Waals surface area contributed by atoms with Crippen molar-refractivity contribution in [3.8, 4) is 0 Å². The standard InChI is InChI=1S/C27H21NO7S/c29-20(17-10-4-1-5-11-17)21(30)24-26(33,22(31)18-12-6-2-7-13-18)27(34,25(35-24)28-16-36)23(32)19-14-8-3-9-15-19/h1-15,20,24-25,29,33-34H/t20?,24-,25-,26-,27+/m1/s1. The Balaban J connectivity index is 1.92. The normalized spacial score (nSPS) is 26.0. The topological polar surface area (TPSA) is 133 Å². The summed E-state index contributed by atoms with van der Waals surface area (Å²) in [6.45, 7) is 0. The van der Waals surface area contributed by atoms with Gasteiger partial charge in [0.2, 0.25) is 22.8 Å². The summed E-state index contributed by atoms with van der Waals surface area (Å²) in [7, 11) is 0. The second-order valence-electron chi connectivity index (χ2n) is 8.23. The Bertz CT molecular complexity index is 1330. The van der Waals surface area contributed by atoms with Crippen LogP contribution in [0.3, 0.4) is 0 Å². The molecule has 0 aromatic heterocycles. The van der Waals surface area contributed by atoms with Crippen molar-refractivity contribution in [2.45, 2.75) is 29.6 Å². The molecule has 3 N–H and O–H groups in total. The first-order chi connectivity index (χ1) is 17.3. The summed E-state index contributed by atoms with van der Waals surface area (Å²) in [6, 6.07) is 22.5. The number of carbonyl (C=O) groups is 3. The number of isothiocyanates is 1. The Morgan fingerprint density at radius 1 is 0.806 bits per heavy atom. The molecule has 3 aromatic rings. The fraction of sp³-hybridized carbons (Fsp3) is 0.185. The molecule has 0 saturated carbocycles. The number of aliphatic imine (C=N–C) groups is 1. The van der Waals surface area contributed by atoms with Crippen LogP contribution in [0.25, 0.3) is 0 Å². The average Bonchev–Trinajstić information content (AvgIpc) is 3.16. The first kappa shape index (κ1) is 25.4. The monoisotopic (exact) mass is 503 g/mol. The number of thiocarbonyl (C=S) groups is 1. The van der Waals surface area contributed by atoms with Crippen LogP contribution in [-0.2, 0) is 9.53 Å². The Labute approximate surface area is 211 Å². The van der Waals surface area contributed by atoms with E-state index in [1.165, 1.54) is 60.7 Å². The van der Waals surface area contributed by atoms with E-state index in [9.17, 15) is 29.7 Å². The van der Waals surface area contributed by atoms with Gasteiger partial charge in [-0.25, -0.2) is 0 Å². The molecule has 4 rings (SSSR count). The molecule has 1 fully saturated rings. The van der Waals surface area contributed by atoms with Crippen LogP contribution in [0, 0.1) is 0 Å². The van der Waals surface area contributed by atoms with Gasteiger partial charge in [-0.2, -0.15) is 4.99 Å². The summed E-state index contributed by atoms with van der Waals surface area (Å²) in [4.78, 5) is 44.6. The number of ether oxygens (including phenoxy) is 1. The van der Waals surface area contributed by atoms with Crippen LogP contribution in [-0.4, -0.2) is 61.4 Å². The van der Waals surface area contributed by atoms with Gasteiger partial charge < -0.3 is 20.1 Å². The van der Waals surface area contributed by atoms with Gasteiger partial charge in [-0.1, -0.05) is 91.0 Å². The molecule has 36 heavy (non-hydrogen) atoms. The number of aliphatic hydroxyl groups excluding tert-OH is 1. The molecule has 1 heterocycles. The van der Waals surface area contributed by atoms with Crippen LogP contribution in [0.15, 0.2) is 96.0 Å². The number of nitrogens with zero attached hydrogens (tertiary/aromatic N) is 1. The van der Waals surface area contributed by atoms with E-state index < -0.39 is 47.0 Å². The lowest BCUT2D eigenvalue weighted by atomic mass is 9.70. The Morgan fingerprint density at radius 3 is 1.72 bits per heavy atom. The van der Waals surface area contributed by atoms with Gasteiger partial charge in [0.05, 0.1) is 5.16 Å². The molecule has 1 unspecified atom stereocenters. The average molecular weight is 504 g/mol. The van der Waals surface area contributed by atoms with E-state index in [1.54, 1.807) is 30.3 Å². The third kappa shape index (κ3) is 4.04. The molecule has 5 atom stereocenters. The molecule has 0 bridgehead atoms. The highest BCUT2D eigenvalue weighted by molar-refractivity contribution is 7.78. The largest absolute Gasteiger partial charge is 0.380 e. The Morgan fingerprint density at radius 2 is 1.25 bits per heavy atom. The number of benzene rings is 3. The molecule has 0 aliphatic carbocycles. The van der Waals surface area contributed by atoms with Gasteiger partial charge >= 0.3 is 0 Å². The number of ketones is 3. The van der Waals surface area contributed by atoms with Crippen molar-refractivity contribution < 1.29 is 34.4 Å². The van der Waals surface area contributed by atoms with E-state index in [0.717, 1.165) is 0 Å². The summed E-state index contributed by atoms with van der Waals surface area (Å²) >= 11 is 4.64. The lowest BCUT2D eigenvalue weighted by Crippen LogP contribution is -2.68. The van der Waals surface area contributed by atoms with Gasteiger partial charge in [-0.15, -0.1) is 0 Å². The summed E-state index contributed by atoms with van der Waals surface area (Å²) in [6.07, 6.45) is -6.01. The predicted molar refractivity (Wildman–Crippen MR) is 132 cm³/mol. The van der Waals surface area contributed by atoms with Gasteiger partial charge in [0.1, 0.15) is 6.10 Å². The molecule has 0 amide bonds. The quantitative estimate of drug-likeness (QED) is 0.242. The van der Waals surface area contributed by atoms with Crippen LogP contribution in [0.5, 0.6) is 0 Å². The van der Waals surface area contributed by atoms with E-state index in [4.69, 9.17) is 4.74 Å². The van der Waals surface area contributed by atoms with Crippen molar-refractivity contribution in [2.24, 2.45) is 4.99 Å². The van der Waals surface area contributed by atoms with Crippen LogP contribution in [0.4, 0.5) is 0 Å². The van der Waals surface area contributed by atoms with E-state index in [2.05, 4.69) is 17.2 Å². The number of Topliss-reactive ketones (excluding diaryl/α,β-unsaturated/α-hetero) is 3. The lowest BCUT2D eigenvalue weighted by molar-refractivity contribution is -0.147. The first-order valence-corrected chi connectivity index (χ1v) is 11.3. The van der Waals surface area contributed by atoms with E-state index in [-0.39, 0.29) is 16.7 Å².